The first-order valence-electron chi connectivity index (χ1n) is 2.19. The van der Waals surface area contributed by atoms with Crippen molar-refractivity contribution in [1.29, 1.82) is 0 Å². The monoisotopic (exact) mass is 222 g/mol. The zero-order valence-electron chi connectivity index (χ0n) is 5.42. The minimum atomic E-state index is -2.85. The quantitative estimate of drug-likeness (QED) is 0.418. The van der Waals surface area contributed by atoms with Gasteiger partial charge in [0.05, 0.1) is 0 Å². The molecule has 10 heavy (non-hydrogen) atoms. The largest absolute Gasteiger partial charge is 0.343 e. The molecule has 0 saturated heterocycles. The molecule has 0 amide bonds. The molecule has 0 aliphatic carbocycles. The molecule has 0 fully saturated rings. The summed E-state index contributed by atoms with van der Waals surface area (Å²) in [6.45, 7) is -3.10. The summed E-state index contributed by atoms with van der Waals surface area (Å²) in [5.41, 5.74) is 0. The standard InChI is InChI=1S/C2H8O4P2S2/c1-7(3,9)5-6-8(2,4)10/h1-2H3,(H,3,9)(H,4,10). The molecular weight excluding hydrogens is 214 g/mol. The maximum atomic E-state index is 8.82. The van der Waals surface area contributed by atoms with Crippen LogP contribution in [0.2, 0.25) is 0 Å². The van der Waals surface area contributed by atoms with E-state index in [1.807, 2.05) is 0 Å². The normalized spacial score (nSPS) is 23.2. The minimum Gasteiger partial charge on any atom is -0.343 e. The molecular formula is C2H8O4P2S2. The molecule has 2 atom stereocenters. The van der Waals surface area contributed by atoms with Gasteiger partial charge in [-0.3, -0.25) is 0 Å². The van der Waals surface area contributed by atoms with E-state index in [9.17, 15) is 0 Å². The van der Waals surface area contributed by atoms with Gasteiger partial charge in [0.15, 0.2) is 0 Å². The molecule has 62 valence electrons. The Morgan fingerprint density at radius 1 is 1.00 bits per heavy atom. The van der Waals surface area contributed by atoms with Crippen LogP contribution >= 0.6 is 13.0 Å². The van der Waals surface area contributed by atoms with Crippen molar-refractivity contribution in [3.8, 4) is 0 Å². The van der Waals surface area contributed by atoms with E-state index in [4.69, 9.17) is 9.79 Å². The van der Waals surface area contributed by atoms with E-state index in [-0.39, 0.29) is 0 Å². The van der Waals surface area contributed by atoms with Crippen molar-refractivity contribution in [2.24, 2.45) is 0 Å². The van der Waals surface area contributed by atoms with Gasteiger partial charge in [-0.15, -0.1) is 0 Å². The molecule has 2 unspecified atom stereocenters. The summed E-state index contributed by atoms with van der Waals surface area (Å²) < 4.78 is 8.54. The van der Waals surface area contributed by atoms with Crippen molar-refractivity contribution in [3.63, 3.8) is 0 Å². The summed E-state index contributed by atoms with van der Waals surface area (Å²) in [4.78, 5) is 17.6. The Balaban J connectivity index is 3.79. The fourth-order valence-corrected chi connectivity index (χ4v) is 1.60. The van der Waals surface area contributed by atoms with E-state index < -0.39 is 13.0 Å². The molecule has 0 aromatic carbocycles. The highest BCUT2D eigenvalue weighted by Crippen LogP contribution is 2.46. The van der Waals surface area contributed by atoms with Gasteiger partial charge in [-0.1, -0.05) is 0 Å². The topological polar surface area (TPSA) is 58.9 Å². The first-order chi connectivity index (χ1) is 4.21. The molecule has 4 nitrogen and oxygen atoms in total. The predicted molar refractivity (Wildman–Crippen MR) is 47.0 cm³/mol. The summed E-state index contributed by atoms with van der Waals surface area (Å²) >= 11 is 8.87. The number of rotatable bonds is 3. The lowest BCUT2D eigenvalue weighted by Crippen LogP contribution is -1.87. The maximum absolute atomic E-state index is 8.82. The van der Waals surface area contributed by atoms with Crippen molar-refractivity contribution in [1.82, 2.24) is 0 Å². The predicted octanol–water partition coefficient (Wildman–Crippen LogP) is 0.798. The highest BCUT2D eigenvalue weighted by Gasteiger charge is 2.12. The summed E-state index contributed by atoms with van der Waals surface area (Å²) in [6, 6.07) is 0. The van der Waals surface area contributed by atoms with E-state index in [1.165, 1.54) is 13.3 Å². The van der Waals surface area contributed by atoms with Gasteiger partial charge in [0.1, 0.15) is 0 Å². The van der Waals surface area contributed by atoms with Crippen molar-refractivity contribution in [3.05, 3.63) is 0 Å². The highest BCUT2D eigenvalue weighted by atomic mass is 32.5. The average Bonchev–Trinajstić information content (AvgIpc) is 1.57. The minimum absolute atomic E-state index is 1.30. The zero-order valence-corrected chi connectivity index (χ0v) is 8.84. The van der Waals surface area contributed by atoms with Crippen molar-refractivity contribution in [2.45, 2.75) is 0 Å². The SMILES string of the molecule is CP(O)(=S)OOP(C)(O)=S. The fraction of sp³-hybridized carbons (Fsp3) is 1.00. The van der Waals surface area contributed by atoms with Crippen LogP contribution in [-0.4, -0.2) is 23.1 Å². The van der Waals surface area contributed by atoms with Gasteiger partial charge in [0.25, 0.3) is 0 Å². The number of hydrogen-bond donors (Lipinski definition) is 2. The summed E-state index contributed by atoms with van der Waals surface area (Å²) in [6.07, 6.45) is 0. The Morgan fingerprint density at radius 2 is 1.20 bits per heavy atom. The van der Waals surface area contributed by atoms with Crippen molar-refractivity contribution < 1.29 is 19.1 Å². The lowest BCUT2D eigenvalue weighted by molar-refractivity contribution is -0.0961. The summed E-state index contributed by atoms with van der Waals surface area (Å²) in [5.74, 6) is 0. The molecule has 0 spiro atoms. The van der Waals surface area contributed by atoms with E-state index in [0.29, 0.717) is 0 Å². The third-order valence-corrected chi connectivity index (χ3v) is 1.49. The first kappa shape index (κ1) is 11.1. The van der Waals surface area contributed by atoms with Gasteiger partial charge < -0.3 is 9.79 Å². The van der Waals surface area contributed by atoms with Gasteiger partial charge in [0, 0.05) is 13.3 Å². The van der Waals surface area contributed by atoms with Gasteiger partial charge in [-0.2, -0.15) is 9.35 Å². The van der Waals surface area contributed by atoms with Crippen LogP contribution in [-0.2, 0) is 33.0 Å². The molecule has 0 saturated carbocycles. The lowest BCUT2D eigenvalue weighted by Gasteiger charge is -2.11. The Labute approximate surface area is 69.4 Å². The molecule has 0 bridgehead atoms. The lowest BCUT2D eigenvalue weighted by atomic mass is 12.0. The molecule has 0 aromatic rings. The van der Waals surface area contributed by atoms with Crippen molar-refractivity contribution in [2.75, 3.05) is 13.3 Å². The molecule has 2 N–H and O–H groups in total. The van der Waals surface area contributed by atoms with Gasteiger partial charge in [-0.25, -0.2) is 0 Å². The molecule has 0 heterocycles. The van der Waals surface area contributed by atoms with E-state index in [2.05, 4.69) is 33.0 Å². The molecule has 8 heteroatoms. The second-order valence-electron chi connectivity index (χ2n) is 1.76. The Hall–Kier alpha value is 1.14. The van der Waals surface area contributed by atoms with Crippen molar-refractivity contribution >= 4 is 36.6 Å². The van der Waals surface area contributed by atoms with E-state index >= 15 is 0 Å². The van der Waals surface area contributed by atoms with Gasteiger partial charge in [-0.05, 0) is 23.6 Å². The van der Waals surface area contributed by atoms with Crippen LogP contribution in [0.3, 0.4) is 0 Å². The first-order valence-corrected chi connectivity index (χ1v) is 8.43. The Bertz CT molecular complexity index is 169. The van der Waals surface area contributed by atoms with E-state index in [1.54, 1.807) is 0 Å². The average molecular weight is 222 g/mol. The molecule has 0 rings (SSSR count). The molecule has 0 aromatic heterocycles. The molecule has 0 aliphatic rings. The van der Waals surface area contributed by atoms with E-state index in [0.717, 1.165) is 0 Å². The molecule has 0 radical (unpaired) electrons. The third kappa shape index (κ3) is 9.14. The fourth-order valence-electron chi connectivity index (χ4n) is 0.124. The maximum Gasteiger partial charge on any atom is 0.217 e. The zero-order chi connectivity index (χ0) is 8.41. The third-order valence-electron chi connectivity index (χ3n) is 0.310. The van der Waals surface area contributed by atoms with Crippen LogP contribution < -0.4 is 0 Å². The van der Waals surface area contributed by atoms with Crippen LogP contribution in [0.5, 0.6) is 0 Å². The molecule has 0 aliphatic heterocycles. The second kappa shape index (κ2) is 3.70. The van der Waals surface area contributed by atoms with Crippen LogP contribution in [0.15, 0.2) is 0 Å². The van der Waals surface area contributed by atoms with Crippen LogP contribution in [0, 0.1) is 0 Å². The van der Waals surface area contributed by atoms with Crippen LogP contribution in [0.4, 0.5) is 0 Å². The summed E-state index contributed by atoms with van der Waals surface area (Å²) in [7, 11) is 0. The second-order valence-corrected chi connectivity index (χ2v) is 9.33. The van der Waals surface area contributed by atoms with Crippen LogP contribution in [0.25, 0.3) is 0 Å². The summed E-state index contributed by atoms with van der Waals surface area (Å²) in [5, 5.41) is 0. The Morgan fingerprint density at radius 3 is 1.30 bits per heavy atom. The number of hydrogen-bond acceptors (Lipinski definition) is 4. The van der Waals surface area contributed by atoms with Gasteiger partial charge >= 0.3 is 0 Å². The van der Waals surface area contributed by atoms with Gasteiger partial charge in [0.2, 0.25) is 13.0 Å². The van der Waals surface area contributed by atoms with Crippen LogP contribution in [0.1, 0.15) is 0 Å². The Kier molecular flexibility index (Phi) is 4.12. The highest BCUT2D eigenvalue weighted by molar-refractivity contribution is 8.10. The smallest absolute Gasteiger partial charge is 0.217 e.